The minimum Gasteiger partial charge on any atom is -0.349 e. The summed E-state index contributed by atoms with van der Waals surface area (Å²) >= 11 is 1.31. The summed E-state index contributed by atoms with van der Waals surface area (Å²) in [5, 5.41) is 3.81. The van der Waals surface area contributed by atoms with E-state index in [4.69, 9.17) is 0 Å². The zero-order valence-corrected chi connectivity index (χ0v) is 11.7. The smallest absolute Gasteiger partial charge is 0.244 e. The van der Waals surface area contributed by atoms with Crippen molar-refractivity contribution in [3.05, 3.63) is 5.82 Å². The van der Waals surface area contributed by atoms with Crippen molar-refractivity contribution in [2.24, 2.45) is 0 Å². The van der Waals surface area contributed by atoms with Gasteiger partial charge in [0.2, 0.25) is 11.0 Å². The largest absolute Gasteiger partial charge is 0.349 e. The molecular weight excluding hydrogens is 236 g/mol. The highest BCUT2D eigenvalue weighted by Gasteiger charge is 2.17. The third kappa shape index (κ3) is 3.96. The van der Waals surface area contributed by atoms with Gasteiger partial charge in [-0.3, -0.25) is 4.79 Å². The van der Waals surface area contributed by atoms with Crippen molar-refractivity contribution in [3.8, 4) is 0 Å². The van der Waals surface area contributed by atoms with E-state index in [1.807, 2.05) is 13.8 Å². The van der Waals surface area contributed by atoms with Crippen LogP contribution in [0.2, 0.25) is 0 Å². The lowest BCUT2D eigenvalue weighted by atomic mass is 10.3. The van der Waals surface area contributed by atoms with Crippen LogP contribution in [0.1, 0.15) is 33.0 Å². The van der Waals surface area contributed by atoms with Crippen LogP contribution in [-0.4, -0.2) is 39.8 Å². The number of aryl methyl sites for hydroxylation is 1. The third-order valence-corrected chi connectivity index (χ3v) is 3.19. The summed E-state index contributed by atoms with van der Waals surface area (Å²) in [6.45, 7) is 6.60. The van der Waals surface area contributed by atoms with Gasteiger partial charge in [-0.2, -0.15) is 4.37 Å². The highest BCUT2D eigenvalue weighted by atomic mass is 32.1. The third-order valence-electron chi connectivity index (χ3n) is 2.50. The SMILES string of the molecule is CCCc1nsc(NC(C)C(=O)N(C)CC)n1. The Balaban J connectivity index is 2.55. The van der Waals surface area contributed by atoms with Crippen LogP contribution >= 0.6 is 11.5 Å². The Kier molecular flexibility index (Phi) is 5.34. The lowest BCUT2D eigenvalue weighted by Gasteiger charge is -2.19. The molecule has 1 amide bonds. The van der Waals surface area contributed by atoms with Gasteiger partial charge in [-0.15, -0.1) is 0 Å². The van der Waals surface area contributed by atoms with E-state index >= 15 is 0 Å². The molecule has 0 bridgehead atoms. The Bertz CT molecular complexity index is 366. The van der Waals surface area contributed by atoms with E-state index in [1.165, 1.54) is 11.5 Å². The number of hydrogen-bond donors (Lipinski definition) is 1. The fraction of sp³-hybridized carbons (Fsp3) is 0.727. The zero-order valence-electron chi connectivity index (χ0n) is 10.9. The van der Waals surface area contributed by atoms with Gasteiger partial charge in [0.1, 0.15) is 11.9 Å². The number of hydrogen-bond acceptors (Lipinski definition) is 5. The summed E-state index contributed by atoms with van der Waals surface area (Å²) < 4.78 is 4.23. The number of nitrogens with one attached hydrogen (secondary N) is 1. The molecule has 0 aliphatic heterocycles. The predicted molar refractivity (Wildman–Crippen MR) is 70.3 cm³/mol. The highest BCUT2D eigenvalue weighted by molar-refractivity contribution is 7.09. The first-order valence-electron chi connectivity index (χ1n) is 5.92. The summed E-state index contributed by atoms with van der Waals surface area (Å²) in [6.07, 6.45) is 1.92. The lowest BCUT2D eigenvalue weighted by molar-refractivity contribution is -0.130. The topological polar surface area (TPSA) is 58.1 Å². The lowest BCUT2D eigenvalue weighted by Crippen LogP contribution is -2.38. The number of nitrogens with zero attached hydrogens (tertiary/aromatic N) is 3. The Labute approximate surface area is 106 Å². The molecule has 0 aromatic carbocycles. The molecule has 0 saturated heterocycles. The van der Waals surface area contributed by atoms with Gasteiger partial charge in [-0.1, -0.05) is 6.92 Å². The zero-order chi connectivity index (χ0) is 12.8. The fourth-order valence-electron chi connectivity index (χ4n) is 1.37. The molecule has 0 radical (unpaired) electrons. The molecular formula is C11H20N4OS. The van der Waals surface area contributed by atoms with Crippen molar-refractivity contribution in [3.63, 3.8) is 0 Å². The molecule has 1 aromatic heterocycles. The molecule has 1 heterocycles. The number of aromatic nitrogens is 2. The van der Waals surface area contributed by atoms with Crippen LogP contribution in [-0.2, 0) is 11.2 Å². The summed E-state index contributed by atoms with van der Waals surface area (Å²) in [6, 6.07) is -0.262. The molecule has 1 unspecified atom stereocenters. The molecule has 6 heteroatoms. The number of carbonyl (C=O) groups is 1. The maximum Gasteiger partial charge on any atom is 0.244 e. The molecule has 1 aromatic rings. The van der Waals surface area contributed by atoms with Crippen molar-refractivity contribution in [1.29, 1.82) is 0 Å². The van der Waals surface area contributed by atoms with Gasteiger partial charge in [-0.25, -0.2) is 4.98 Å². The minimum atomic E-state index is -0.262. The van der Waals surface area contributed by atoms with E-state index in [0.29, 0.717) is 6.54 Å². The van der Waals surface area contributed by atoms with E-state index in [0.717, 1.165) is 23.8 Å². The first kappa shape index (κ1) is 13.9. The molecule has 0 fully saturated rings. The molecule has 1 rings (SSSR count). The van der Waals surface area contributed by atoms with Crippen LogP contribution in [0.25, 0.3) is 0 Å². The van der Waals surface area contributed by atoms with Gasteiger partial charge in [-0.05, 0) is 20.3 Å². The summed E-state index contributed by atoms with van der Waals surface area (Å²) in [5.74, 6) is 0.920. The van der Waals surface area contributed by atoms with Crippen molar-refractivity contribution in [2.75, 3.05) is 18.9 Å². The Morgan fingerprint density at radius 2 is 2.24 bits per heavy atom. The second-order valence-electron chi connectivity index (χ2n) is 3.98. The highest BCUT2D eigenvalue weighted by Crippen LogP contribution is 2.13. The normalized spacial score (nSPS) is 12.2. The second kappa shape index (κ2) is 6.54. The Morgan fingerprint density at radius 1 is 1.53 bits per heavy atom. The average molecular weight is 256 g/mol. The molecule has 1 N–H and O–H groups in total. The standard InChI is InChI=1S/C11H20N4OS/c1-5-7-9-13-11(17-14-9)12-8(3)10(16)15(4)6-2/h8H,5-7H2,1-4H3,(H,12,13,14). The van der Waals surface area contributed by atoms with Crippen LogP contribution < -0.4 is 5.32 Å². The Hall–Kier alpha value is -1.17. The second-order valence-corrected chi connectivity index (χ2v) is 4.74. The minimum absolute atomic E-state index is 0.0692. The monoisotopic (exact) mass is 256 g/mol. The van der Waals surface area contributed by atoms with Crippen LogP contribution in [0, 0.1) is 0 Å². The van der Waals surface area contributed by atoms with Gasteiger partial charge in [0.25, 0.3) is 0 Å². The van der Waals surface area contributed by atoms with Gasteiger partial charge in [0.05, 0.1) is 0 Å². The molecule has 5 nitrogen and oxygen atoms in total. The Morgan fingerprint density at radius 3 is 2.82 bits per heavy atom. The van der Waals surface area contributed by atoms with Crippen molar-refractivity contribution < 1.29 is 4.79 Å². The van der Waals surface area contributed by atoms with Crippen molar-refractivity contribution in [1.82, 2.24) is 14.3 Å². The van der Waals surface area contributed by atoms with E-state index in [-0.39, 0.29) is 11.9 Å². The maximum absolute atomic E-state index is 11.8. The summed E-state index contributed by atoms with van der Waals surface area (Å²) in [7, 11) is 1.79. The number of anilines is 1. The van der Waals surface area contributed by atoms with E-state index in [9.17, 15) is 4.79 Å². The number of amides is 1. The van der Waals surface area contributed by atoms with Gasteiger partial charge in [0.15, 0.2) is 0 Å². The summed E-state index contributed by atoms with van der Waals surface area (Å²) in [4.78, 5) is 17.9. The first-order valence-corrected chi connectivity index (χ1v) is 6.69. The van der Waals surface area contributed by atoms with Crippen LogP contribution in [0.4, 0.5) is 5.13 Å². The molecule has 17 heavy (non-hydrogen) atoms. The fourth-order valence-corrected chi connectivity index (χ4v) is 2.07. The van der Waals surface area contributed by atoms with Gasteiger partial charge >= 0.3 is 0 Å². The van der Waals surface area contributed by atoms with Crippen LogP contribution in [0.15, 0.2) is 0 Å². The van der Waals surface area contributed by atoms with E-state index in [1.54, 1.807) is 11.9 Å². The van der Waals surface area contributed by atoms with E-state index in [2.05, 4.69) is 21.6 Å². The predicted octanol–water partition coefficient (Wildman–Crippen LogP) is 1.77. The molecule has 96 valence electrons. The van der Waals surface area contributed by atoms with Gasteiger partial charge in [0, 0.05) is 31.5 Å². The van der Waals surface area contributed by atoms with Gasteiger partial charge < -0.3 is 10.2 Å². The van der Waals surface area contributed by atoms with Crippen molar-refractivity contribution >= 4 is 22.6 Å². The average Bonchev–Trinajstić information content (AvgIpc) is 2.75. The van der Waals surface area contributed by atoms with E-state index < -0.39 is 0 Å². The molecule has 0 aliphatic rings. The quantitative estimate of drug-likeness (QED) is 0.842. The summed E-state index contributed by atoms with van der Waals surface area (Å²) in [5.41, 5.74) is 0. The molecule has 0 saturated carbocycles. The number of rotatable bonds is 6. The first-order chi connectivity index (χ1) is 8.08. The molecule has 0 spiro atoms. The molecule has 0 aliphatic carbocycles. The number of likely N-dealkylation sites (N-methyl/N-ethyl adjacent to an activating group) is 1. The van der Waals surface area contributed by atoms with Crippen LogP contribution in [0.3, 0.4) is 0 Å². The van der Waals surface area contributed by atoms with Crippen molar-refractivity contribution in [2.45, 2.75) is 39.7 Å². The molecule has 1 atom stereocenters. The van der Waals surface area contributed by atoms with Crippen LogP contribution in [0.5, 0.6) is 0 Å². The maximum atomic E-state index is 11.8. The number of carbonyl (C=O) groups excluding carboxylic acids is 1.